The van der Waals surface area contributed by atoms with Crippen LogP contribution in [0.4, 0.5) is 15.8 Å². The molecule has 0 radical (unpaired) electrons. The molecule has 0 fully saturated rings. The molecule has 0 aliphatic heterocycles. The van der Waals surface area contributed by atoms with Crippen LogP contribution in [0.5, 0.6) is 0 Å². The van der Waals surface area contributed by atoms with Crippen molar-refractivity contribution in [1.82, 2.24) is 0 Å². The van der Waals surface area contributed by atoms with Gasteiger partial charge in [0.2, 0.25) is 0 Å². The van der Waals surface area contributed by atoms with Gasteiger partial charge in [-0.15, -0.1) is 0 Å². The molecule has 106 valence electrons. The van der Waals surface area contributed by atoms with Crippen LogP contribution in [0.1, 0.15) is 11.1 Å². The number of aryl methyl sites for hydroxylation is 2. The van der Waals surface area contributed by atoms with E-state index in [2.05, 4.69) is 4.72 Å². The van der Waals surface area contributed by atoms with Crippen LogP contribution >= 0.6 is 0 Å². The van der Waals surface area contributed by atoms with Crippen molar-refractivity contribution in [2.75, 3.05) is 10.5 Å². The van der Waals surface area contributed by atoms with Crippen LogP contribution in [0, 0.1) is 19.7 Å². The molecule has 0 bridgehead atoms. The van der Waals surface area contributed by atoms with E-state index >= 15 is 0 Å². The summed E-state index contributed by atoms with van der Waals surface area (Å²) in [6.45, 7) is 3.65. The van der Waals surface area contributed by atoms with E-state index in [1.165, 1.54) is 12.1 Å². The number of benzene rings is 2. The van der Waals surface area contributed by atoms with Crippen LogP contribution in [-0.4, -0.2) is 8.42 Å². The minimum Gasteiger partial charge on any atom is -0.396 e. The molecule has 0 aromatic heterocycles. The first-order valence-electron chi connectivity index (χ1n) is 5.95. The van der Waals surface area contributed by atoms with Crippen molar-refractivity contribution in [3.05, 3.63) is 53.3 Å². The third kappa shape index (κ3) is 2.91. The lowest BCUT2D eigenvalue weighted by molar-refractivity contribution is 0.596. The second kappa shape index (κ2) is 5.13. The quantitative estimate of drug-likeness (QED) is 0.855. The average Bonchev–Trinajstić information content (AvgIpc) is 2.36. The van der Waals surface area contributed by atoms with Crippen molar-refractivity contribution in [2.24, 2.45) is 0 Å². The highest BCUT2D eigenvalue weighted by Crippen LogP contribution is 2.22. The zero-order valence-electron chi connectivity index (χ0n) is 11.1. The van der Waals surface area contributed by atoms with E-state index in [9.17, 15) is 12.8 Å². The number of anilines is 2. The first-order chi connectivity index (χ1) is 9.29. The Hall–Kier alpha value is -2.08. The van der Waals surface area contributed by atoms with Gasteiger partial charge in [0.25, 0.3) is 10.0 Å². The lowest BCUT2D eigenvalue weighted by Gasteiger charge is -2.11. The van der Waals surface area contributed by atoms with Gasteiger partial charge in [-0.05, 0) is 49.2 Å². The first kappa shape index (κ1) is 14.3. The van der Waals surface area contributed by atoms with Gasteiger partial charge in [-0.2, -0.15) is 0 Å². The van der Waals surface area contributed by atoms with E-state index in [0.29, 0.717) is 5.69 Å². The number of nitrogens with two attached hydrogens (primary N) is 1. The van der Waals surface area contributed by atoms with Crippen LogP contribution < -0.4 is 10.5 Å². The van der Waals surface area contributed by atoms with Gasteiger partial charge in [-0.3, -0.25) is 4.72 Å². The molecule has 0 heterocycles. The van der Waals surface area contributed by atoms with Gasteiger partial charge >= 0.3 is 0 Å². The van der Waals surface area contributed by atoms with E-state index in [1.54, 1.807) is 13.0 Å². The predicted octanol–water partition coefficient (Wildman–Crippen LogP) is 2.83. The number of sulfonamides is 1. The highest BCUT2D eigenvalue weighted by Gasteiger charge is 2.16. The van der Waals surface area contributed by atoms with Gasteiger partial charge in [-0.25, -0.2) is 12.8 Å². The Balaban J connectivity index is 2.40. The van der Waals surface area contributed by atoms with Gasteiger partial charge < -0.3 is 5.73 Å². The normalized spacial score (nSPS) is 11.3. The number of halogens is 1. The Morgan fingerprint density at radius 1 is 1.10 bits per heavy atom. The van der Waals surface area contributed by atoms with Gasteiger partial charge in [0, 0.05) is 0 Å². The third-order valence-corrected chi connectivity index (χ3v) is 4.28. The van der Waals surface area contributed by atoms with Crippen molar-refractivity contribution in [3.8, 4) is 0 Å². The van der Waals surface area contributed by atoms with Crippen molar-refractivity contribution >= 4 is 21.4 Å². The van der Waals surface area contributed by atoms with Crippen LogP contribution in [0.15, 0.2) is 41.3 Å². The van der Waals surface area contributed by atoms with E-state index < -0.39 is 15.8 Å². The third-order valence-electron chi connectivity index (χ3n) is 2.92. The fraction of sp³-hybridized carbons (Fsp3) is 0.143. The molecule has 0 saturated heterocycles. The zero-order valence-corrected chi connectivity index (χ0v) is 12.0. The summed E-state index contributed by atoms with van der Waals surface area (Å²) < 4.78 is 40.2. The Bertz CT molecular complexity index is 758. The van der Waals surface area contributed by atoms with Gasteiger partial charge in [0.1, 0.15) is 5.82 Å². The maximum absolute atomic E-state index is 13.4. The van der Waals surface area contributed by atoms with E-state index in [0.717, 1.165) is 17.2 Å². The monoisotopic (exact) mass is 294 g/mol. The fourth-order valence-electron chi connectivity index (χ4n) is 1.72. The largest absolute Gasteiger partial charge is 0.396 e. The average molecular weight is 294 g/mol. The Morgan fingerprint density at radius 3 is 2.45 bits per heavy atom. The molecule has 0 unspecified atom stereocenters. The Labute approximate surface area is 117 Å². The smallest absolute Gasteiger partial charge is 0.262 e. The number of nitrogen functional groups attached to an aromatic ring is 1. The van der Waals surface area contributed by atoms with Gasteiger partial charge in [0.15, 0.2) is 0 Å². The molecule has 2 rings (SSSR count). The molecular weight excluding hydrogens is 279 g/mol. The number of nitrogens with one attached hydrogen (secondary N) is 1. The lowest BCUT2D eigenvalue weighted by Crippen LogP contribution is -2.14. The summed E-state index contributed by atoms with van der Waals surface area (Å²) in [7, 11) is -3.84. The molecular formula is C14H15FN2O2S. The topological polar surface area (TPSA) is 72.2 Å². The minimum atomic E-state index is -3.84. The summed E-state index contributed by atoms with van der Waals surface area (Å²) in [5, 5.41) is 0. The maximum Gasteiger partial charge on any atom is 0.262 e. The Morgan fingerprint density at radius 2 is 1.80 bits per heavy atom. The van der Waals surface area contributed by atoms with Crippen LogP contribution in [0.3, 0.4) is 0 Å². The molecule has 0 saturated carbocycles. The second-order valence-electron chi connectivity index (χ2n) is 4.61. The number of hydrogen-bond donors (Lipinski definition) is 2. The van der Waals surface area contributed by atoms with Gasteiger partial charge in [-0.1, -0.05) is 12.1 Å². The molecule has 4 nitrogen and oxygen atoms in total. The number of rotatable bonds is 3. The number of hydrogen-bond acceptors (Lipinski definition) is 3. The predicted molar refractivity (Wildman–Crippen MR) is 77.5 cm³/mol. The fourth-order valence-corrected chi connectivity index (χ4v) is 2.86. The van der Waals surface area contributed by atoms with Crippen molar-refractivity contribution < 1.29 is 12.8 Å². The molecule has 0 amide bonds. The van der Waals surface area contributed by atoms with E-state index in [-0.39, 0.29) is 10.6 Å². The maximum atomic E-state index is 13.4. The van der Waals surface area contributed by atoms with Gasteiger partial charge in [0.05, 0.1) is 16.3 Å². The Kier molecular flexibility index (Phi) is 3.67. The first-order valence-corrected chi connectivity index (χ1v) is 7.43. The molecule has 2 aromatic carbocycles. The molecule has 20 heavy (non-hydrogen) atoms. The summed E-state index contributed by atoms with van der Waals surface area (Å²) in [5.74, 6) is -0.756. The summed E-state index contributed by atoms with van der Waals surface area (Å²) >= 11 is 0. The summed E-state index contributed by atoms with van der Waals surface area (Å²) in [5.41, 5.74) is 7.44. The molecule has 2 aromatic rings. The standard InChI is InChI=1S/C14H15FN2O2S/c1-9-3-4-10(2)14(7-9)17-20(18,19)11-5-6-13(16)12(15)8-11/h3-8,17H,16H2,1-2H3. The summed E-state index contributed by atoms with van der Waals surface area (Å²) in [6, 6.07) is 8.83. The van der Waals surface area contributed by atoms with E-state index in [4.69, 9.17) is 5.73 Å². The highest BCUT2D eigenvalue weighted by molar-refractivity contribution is 7.92. The molecule has 0 aliphatic carbocycles. The van der Waals surface area contributed by atoms with Crippen molar-refractivity contribution in [1.29, 1.82) is 0 Å². The van der Waals surface area contributed by atoms with Crippen LogP contribution in [-0.2, 0) is 10.0 Å². The second-order valence-corrected chi connectivity index (χ2v) is 6.29. The highest BCUT2D eigenvalue weighted by atomic mass is 32.2. The molecule has 0 aliphatic rings. The summed E-state index contributed by atoms with van der Waals surface area (Å²) in [4.78, 5) is -0.162. The molecule has 3 N–H and O–H groups in total. The van der Waals surface area contributed by atoms with Crippen LogP contribution in [0.25, 0.3) is 0 Å². The SMILES string of the molecule is Cc1ccc(C)c(NS(=O)(=O)c2ccc(N)c(F)c2)c1. The zero-order chi connectivity index (χ0) is 14.9. The van der Waals surface area contributed by atoms with E-state index in [1.807, 2.05) is 19.1 Å². The molecule has 0 spiro atoms. The minimum absolute atomic E-state index is 0.0873. The van der Waals surface area contributed by atoms with Crippen LogP contribution in [0.2, 0.25) is 0 Å². The molecule has 0 atom stereocenters. The van der Waals surface area contributed by atoms with Crippen molar-refractivity contribution in [3.63, 3.8) is 0 Å². The molecule has 6 heteroatoms. The van der Waals surface area contributed by atoms with Crippen molar-refractivity contribution in [2.45, 2.75) is 18.7 Å². The summed E-state index contributed by atoms with van der Waals surface area (Å²) in [6.07, 6.45) is 0. The lowest BCUT2D eigenvalue weighted by atomic mass is 10.1.